The monoisotopic (exact) mass is 248 g/mol. The van der Waals surface area contributed by atoms with Crippen molar-refractivity contribution in [2.24, 2.45) is 5.73 Å². The van der Waals surface area contributed by atoms with Crippen LogP contribution in [0.1, 0.15) is 45.6 Å². The van der Waals surface area contributed by atoms with Gasteiger partial charge in [-0.1, -0.05) is 50.1 Å². The lowest BCUT2D eigenvalue weighted by Crippen LogP contribution is -2.40. The quantitative estimate of drug-likeness (QED) is 0.764. The molecule has 0 aliphatic carbocycles. The van der Waals surface area contributed by atoms with Crippen molar-refractivity contribution >= 4 is 0 Å². The lowest BCUT2D eigenvalue weighted by molar-refractivity contribution is 0.196. The fraction of sp³-hybridized carbons (Fsp3) is 0.625. The molecule has 0 aliphatic rings. The highest BCUT2D eigenvalue weighted by Gasteiger charge is 2.13. The van der Waals surface area contributed by atoms with Crippen LogP contribution in [0.5, 0.6) is 0 Å². The number of benzene rings is 1. The molecule has 0 fully saturated rings. The molecule has 1 atom stereocenters. The third-order valence-corrected chi connectivity index (χ3v) is 3.36. The van der Waals surface area contributed by atoms with Gasteiger partial charge in [-0.15, -0.1) is 0 Å². The van der Waals surface area contributed by atoms with Crippen LogP contribution in [0.3, 0.4) is 0 Å². The van der Waals surface area contributed by atoms with E-state index in [0.717, 1.165) is 19.5 Å². The predicted octanol–water partition coefficient (Wildman–Crippen LogP) is 3.41. The molecule has 0 aliphatic heterocycles. The molecule has 102 valence electrons. The van der Waals surface area contributed by atoms with E-state index >= 15 is 0 Å². The summed E-state index contributed by atoms with van der Waals surface area (Å²) in [5, 5.41) is 0. The first-order valence-electron chi connectivity index (χ1n) is 7.17. The van der Waals surface area contributed by atoms with Gasteiger partial charge in [0.15, 0.2) is 0 Å². The average Bonchev–Trinajstić information content (AvgIpc) is 2.36. The number of rotatable bonds is 8. The Kier molecular flexibility index (Phi) is 6.99. The Morgan fingerprint density at radius 1 is 1.17 bits per heavy atom. The number of hydrogen-bond acceptors (Lipinski definition) is 2. The Labute approximate surface area is 112 Å². The zero-order chi connectivity index (χ0) is 13.4. The van der Waals surface area contributed by atoms with Gasteiger partial charge in [-0.25, -0.2) is 0 Å². The zero-order valence-electron chi connectivity index (χ0n) is 12.1. The summed E-state index contributed by atoms with van der Waals surface area (Å²) in [6.45, 7) is 8.70. The van der Waals surface area contributed by atoms with Crippen LogP contribution in [0, 0.1) is 0 Å². The molecule has 18 heavy (non-hydrogen) atoms. The summed E-state index contributed by atoms with van der Waals surface area (Å²) in [6, 6.07) is 11.5. The highest BCUT2D eigenvalue weighted by molar-refractivity contribution is 5.14. The van der Waals surface area contributed by atoms with Gasteiger partial charge in [0.25, 0.3) is 0 Å². The maximum atomic E-state index is 6.21. The molecule has 0 amide bonds. The van der Waals surface area contributed by atoms with E-state index in [4.69, 9.17) is 5.73 Å². The summed E-state index contributed by atoms with van der Waals surface area (Å²) in [4.78, 5) is 2.47. The van der Waals surface area contributed by atoms with Gasteiger partial charge in [0.2, 0.25) is 0 Å². The van der Waals surface area contributed by atoms with Crippen LogP contribution in [0.2, 0.25) is 0 Å². The Morgan fingerprint density at radius 2 is 1.83 bits per heavy atom. The summed E-state index contributed by atoms with van der Waals surface area (Å²) < 4.78 is 0. The normalized spacial score (nSPS) is 13.2. The summed E-state index contributed by atoms with van der Waals surface area (Å²) in [7, 11) is 0. The van der Waals surface area contributed by atoms with Crippen LogP contribution < -0.4 is 5.73 Å². The lowest BCUT2D eigenvalue weighted by atomic mass is 10.1. The van der Waals surface area contributed by atoms with Crippen molar-refractivity contribution in [1.29, 1.82) is 0 Å². The number of hydrogen-bond donors (Lipinski definition) is 1. The van der Waals surface area contributed by atoms with Gasteiger partial charge in [0.05, 0.1) is 0 Å². The molecular weight excluding hydrogens is 220 g/mol. The number of unbranched alkanes of at least 4 members (excludes halogenated alkanes) is 1. The summed E-state index contributed by atoms with van der Waals surface area (Å²) in [6.07, 6.45) is 3.60. The SMILES string of the molecule is CCCCC(N)CN(Cc1ccccc1)C(C)C. The maximum Gasteiger partial charge on any atom is 0.0237 e. The van der Waals surface area contributed by atoms with Gasteiger partial charge >= 0.3 is 0 Å². The van der Waals surface area contributed by atoms with Gasteiger partial charge in [-0.2, -0.15) is 0 Å². The van der Waals surface area contributed by atoms with Crippen LogP contribution in [-0.2, 0) is 6.54 Å². The molecule has 2 nitrogen and oxygen atoms in total. The number of nitrogens with two attached hydrogens (primary N) is 1. The molecule has 2 heteroatoms. The molecule has 1 rings (SSSR count). The lowest BCUT2D eigenvalue weighted by Gasteiger charge is -2.29. The molecule has 1 unspecified atom stereocenters. The summed E-state index contributed by atoms with van der Waals surface area (Å²) in [5.74, 6) is 0. The van der Waals surface area contributed by atoms with Crippen molar-refractivity contribution < 1.29 is 0 Å². The topological polar surface area (TPSA) is 29.3 Å². The molecule has 0 spiro atoms. The molecule has 0 radical (unpaired) electrons. The van der Waals surface area contributed by atoms with E-state index in [1.54, 1.807) is 0 Å². The van der Waals surface area contributed by atoms with Gasteiger partial charge in [-0.05, 0) is 25.8 Å². The molecule has 0 heterocycles. The molecule has 0 saturated carbocycles. The summed E-state index contributed by atoms with van der Waals surface area (Å²) in [5.41, 5.74) is 7.58. The van der Waals surface area contributed by atoms with Gasteiger partial charge in [0.1, 0.15) is 0 Å². The second-order valence-corrected chi connectivity index (χ2v) is 5.41. The third kappa shape index (κ3) is 5.65. The average molecular weight is 248 g/mol. The molecule has 1 aromatic rings. The minimum Gasteiger partial charge on any atom is -0.327 e. The van der Waals surface area contributed by atoms with E-state index in [9.17, 15) is 0 Å². The minimum absolute atomic E-state index is 0.302. The van der Waals surface area contributed by atoms with Crippen LogP contribution in [0.4, 0.5) is 0 Å². The number of nitrogens with zero attached hydrogens (tertiary/aromatic N) is 1. The predicted molar refractivity (Wildman–Crippen MR) is 79.5 cm³/mol. The molecular formula is C16H28N2. The van der Waals surface area contributed by atoms with Crippen molar-refractivity contribution in [1.82, 2.24) is 4.90 Å². The first-order chi connectivity index (χ1) is 8.63. The highest BCUT2D eigenvalue weighted by atomic mass is 15.2. The van der Waals surface area contributed by atoms with Crippen LogP contribution in [-0.4, -0.2) is 23.5 Å². The fourth-order valence-electron chi connectivity index (χ4n) is 2.13. The zero-order valence-corrected chi connectivity index (χ0v) is 12.1. The fourth-order valence-corrected chi connectivity index (χ4v) is 2.13. The molecule has 0 saturated heterocycles. The van der Waals surface area contributed by atoms with Gasteiger partial charge < -0.3 is 5.73 Å². The van der Waals surface area contributed by atoms with Crippen molar-refractivity contribution in [2.75, 3.05) is 6.54 Å². The Morgan fingerprint density at radius 3 is 2.39 bits per heavy atom. The van der Waals surface area contributed by atoms with E-state index in [0.29, 0.717) is 12.1 Å². The van der Waals surface area contributed by atoms with Crippen molar-refractivity contribution in [3.63, 3.8) is 0 Å². The van der Waals surface area contributed by atoms with E-state index in [2.05, 4.69) is 56.0 Å². The first-order valence-corrected chi connectivity index (χ1v) is 7.17. The van der Waals surface area contributed by atoms with Crippen LogP contribution in [0.25, 0.3) is 0 Å². The van der Waals surface area contributed by atoms with E-state index in [1.807, 2.05) is 0 Å². The molecule has 0 bridgehead atoms. The Balaban J connectivity index is 2.50. The molecule has 1 aromatic carbocycles. The van der Waals surface area contributed by atoms with Crippen molar-refractivity contribution in [2.45, 2.75) is 58.7 Å². The molecule has 2 N–H and O–H groups in total. The molecule has 0 aromatic heterocycles. The van der Waals surface area contributed by atoms with Crippen molar-refractivity contribution in [3.05, 3.63) is 35.9 Å². The van der Waals surface area contributed by atoms with E-state index in [-0.39, 0.29) is 0 Å². The smallest absolute Gasteiger partial charge is 0.0237 e. The maximum absolute atomic E-state index is 6.21. The second-order valence-electron chi connectivity index (χ2n) is 5.41. The summed E-state index contributed by atoms with van der Waals surface area (Å²) >= 11 is 0. The highest BCUT2D eigenvalue weighted by Crippen LogP contribution is 2.10. The Hall–Kier alpha value is -0.860. The second kappa shape index (κ2) is 8.28. The standard InChI is InChI=1S/C16H28N2/c1-4-5-11-16(17)13-18(14(2)3)12-15-9-7-6-8-10-15/h6-10,14,16H,4-5,11-13,17H2,1-3H3. The van der Waals surface area contributed by atoms with Gasteiger partial charge in [0, 0.05) is 25.2 Å². The van der Waals surface area contributed by atoms with E-state index < -0.39 is 0 Å². The third-order valence-electron chi connectivity index (χ3n) is 3.36. The van der Waals surface area contributed by atoms with Crippen molar-refractivity contribution in [3.8, 4) is 0 Å². The first kappa shape index (κ1) is 15.2. The van der Waals surface area contributed by atoms with E-state index in [1.165, 1.54) is 18.4 Å². The minimum atomic E-state index is 0.302. The Bertz CT molecular complexity index is 308. The van der Waals surface area contributed by atoms with Crippen LogP contribution >= 0.6 is 0 Å². The van der Waals surface area contributed by atoms with Gasteiger partial charge in [-0.3, -0.25) is 4.90 Å². The largest absolute Gasteiger partial charge is 0.327 e. The van der Waals surface area contributed by atoms with Crippen LogP contribution in [0.15, 0.2) is 30.3 Å².